The first-order valence-corrected chi connectivity index (χ1v) is 9.77. The fourth-order valence-electron chi connectivity index (χ4n) is 3.92. The number of nitrogens with zero attached hydrogens (tertiary/aromatic N) is 5. The number of hydrogen-bond donors (Lipinski definition) is 2. The van der Waals surface area contributed by atoms with Gasteiger partial charge in [-0.05, 0) is 24.6 Å². The third-order valence-corrected chi connectivity index (χ3v) is 5.31. The molecule has 0 bridgehead atoms. The van der Waals surface area contributed by atoms with Gasteiger partial charge in [-0.25, -0.2) is 9.37 Å². The number of aryl methyl sites for hydroxylation is 1. The summed E-state index contributed by atoms with van der Waals surface area (Å²) in [6, 6.07) is 7.72. The minimum absolute atomic E-state index is 0.338. The van der Waals surface area contributed by atoms with Gasteiger partial charge in [0.15, 0.2) is 11.5 Å². The van der Waals surface area contributed by atoms with Gasteiger partial charge in [-0.15, -0.1) is 0 Å². The zero-order valence-corrected chi connectivity index (χ0v) is 16.2. The van der Waals surface area contributed by atoms with Crippen LogP contribution in [0.4, 0.5) is 15.8 Å². The van der Waals surface area contributed by atoms with Gasteiger partial charge in [0.2, 0.25) is 0 Å². The van der Waals surface area contributed by atoms with E-state index in [4.69, 9.17) is 0 Å². The third-order valence-electron chi connectivity index (χ3n) is 5.31. The molecule has 0 unspecified atom stereocenters. The van der Waals surface area contributed by atoms with E-state index in [0.29, 0.717) is 17.9 Å². The van der Waals surface area contributed by atoms with E-state index in [-0.39, 0.29) is 5.82 Å². The predicted octanol–water partition coefficient (Wildman–Crippen LogP) is 2.75. The Balaban J connectivity index is 1.45. The van der Waals surface area contributed by atoms with E-state index in [1.165, 1.54) is 11.8 Å². The van der Waals surface area contributed by atoms with Crippen molar-refractivity contribution in [1.82, 2.24) is 24.9 Å². The number of rotatable bonds is 4. The highest BCUT2D eigenvalue weighted by atomic mass is 19.1. The molecule has 148 valence electrons. The topological polar surface area (TPSA) is 70.4 Å². The number of imidazole rings is 1. The number of anilines is 2. The number of piperazine rings is 1. The van der Waals surface area contributed by atoms with Crippen LogP contribution >= 0.6 is 0 Å². The Morgan fingerprint density at radius 1 is 1.17 bits per heavy atom. The first kappa shape index (κ1) is 17.8. The van der Waals surface area contributed by atoms with Crippen LogP contribution in [0.1, 0.15) is 11.3 Å². The standard InChI is InChI=1S/C21H22FN7/c1-14-12-29-13-16(10-18(22)21(29)26-14)24-11-15-2-3-19(28-8-6-23-7-9-28)17-4-5-25-27-20(15)17/h2-5,10,12-13,23-24H,6-9,11H2,1H3. The van der Waals surface area contributed by atoms with Crippen molar-refractivity contribution in [3.8, 4) is 0 Å². The van der Waals surface area contributed by atoms with Gasteiger partial charge in [0.25, 0.3) is 0 Å². The lowest BCUT2D eigenvalue weighted by molar-refractivity contribution is 0.590. The average molecular weight is 391 g/mol. The number of fused-ring (bicyclic) bond motifs is 2. The zero-order valence-electron chi connectivity index (χ0n) is 16.2. The largest absolute Gasteiger partial charge is 0.380 e. The summed E-state index contributed by atoms with van der Waals surface area (Å²) in [7, 11) is 0. The average Bonchev–Trinajstić information content (AvgIpc) is 3.13. The summed E-state index contributed by atoms with van der Waals surface area (Å²) in [5, 5.41) is 16.3. The Labute approximate surface area is 167 Å². The Morgan fingerprint density at radius 2 is 2.03 bits per heavy atom. The molecule has 2 N–H and O–H groups in total. The van der Waals surface area contributed by atoms with E-state index in [1.807, 2.05) is 25.4 Å². The molecule has 1 saturated heterocycles. The SMILES string of the molecule is Cc1cn2cc(NCc3ccc(N4CCNCC4)c4ccnnc34)cc(F)c2n1. The van der Waals surface area contributed by atoms with E-state index in [2.05, 4.69) is 42.8 Å². The normalized spacial score (nSPS) is 14.6. The summed E-state index contributed by atoms with van der Waals surface area (Å²) in [6.07, 6.45) is 5.39. The van der Waals surface area contributed by atoms with E-state index >= 15 is 0 Å². The van der Waals surface area contributed by atoms with E-state index in [0.717, 1.165) is 48.3 Å². The molecule has 0 saturated carbocycles. The minimum Gasteiger partial charge on any atom is -0.380 e. The van der Waals surface area contributed by atoms with Gasteiger partial charge in [0.1, 0.15) is 0 Å². The number of benzene rings is 1. The lowest BCUT2D eigenvalue weighted by Crippen LogP contribution is -2.43. The molecule has 0 amide bonds. The highest BCUT2D eigenvalue weighted by Crippen LogP contribution is 2.28. The van der Waals surface area contributed by atoms with Crippen molar-refractivity contribution >= 4 is 27.9 Å². The first-order valence-electron chi connectivity index (χ1n) is 9.77. The molecule has 3 aromatic heterocycles. The Bertz CT molecular complexity index is 1180. The molecule has 8 heteroatoms. The maximum atomic E-state index is 14.3. The van der Waals surface area contributed by atoms with Crippen LogP contribution in [-0.2, 0) is 6.54 Å². The molecule has 7 nitrogen and oxygen atoms in total. The Kier molecular flexibility index (Phi) is 4.48. The minimum atomic E-state index is -0.346. The quantitative estimate of drug-likeness (QED) is 0.558. The van der Waals surface area contributed by atoms with Crippen molar-refractivity contribution in [2.24, 2.45) is 0 Å². The number of aromatic nitrogens is 4. The maximum Gasteiger partial charge on any atom is 0.173 e. The van der Waals surface area contributed by atoms with Gasteiger partial charge < -0.3 is 19.9 Å². The molecule has 1 aromatic carbocycles. The summed E-state index contributed by atoms with van der Waals surface area (Å²) < 4.78 is 16.0. The van der Waals surface area contributed by atoms with Crippen LogP contribution in [0.2, 0.25) is 0 Å². The van der Waals surface area contributed by atoms with Crippen molar-refractivity contribution in [3.05, 3.63) is 59.9 Å². The smallest absolute Gasteiger partial charge is 0.173 e. The highest BCUT2D eigenvalue weighted by Gasteiger charge is 2.16. The van der Waals surface area contributed by atoms with E-state index in [1.54, 1.807) is 10.6 Å². The number of halogens is 1. The van der Waals surface area contributed by atoms with Crippen LogP contribution in [0.5, 0.6) is 0 Å². The Morgan fingerprint density at radius 3 is 2.90 bits per heavy atom. The molecule has 5 rings (SSSR count). The van der Waals surface area contributed by atoms with Gasteiger partial charge in [-0.1, -0.05) is 6.07 Å². The van der Waals surface area contributed by atoms with Crippen molar-refractivity contribution < 1.29 is 4.39 Å². The molecule has 1 fully saturated rings. The van der Waals surface area contributed by atoms with Gasteiger partial charge in [0.05, 0.1) is 23.1 Å². The fraction of sp³-hybridized carbons (Fsp3) is 0.286. The van der Waals surface area contributed by atoms with Crippen LogP contribution in [0.15, 0.2) is 42.9 Å². The summed E-state index contributed by atoms with van der Waals surface area (Å²) >= 11 is 0. The predicted molar refractivity (Wildman–Crippen MR) is 112 cm³/mol. The molecule has 0 atom stereocenters. The van der Waals surface area contributed by atoms with Gasteiger partial charge in [-0.2, -0.15) is 10.2 Å². The van der Waals surface area contributed by atoms with Crippen LogP contribution in [-0.4, -0.2) is 45.8 Å². The van der Waals surface area contributed by atoms with Crippen LogP contribution < -0.4 is 15.5 Å². The lowest BCUT2D eigenvalue weighted by Gasteiger charge is -2.30. The highest BCUT2D eigenvalue weighted by molar-refractivity contribution is 5.93. The number of pyridine rings is 1. The molecular formula is C21H22FN7. The summed E-state index contributed by atoms with van der Waals surface area (Å²) in [5.41, 5.74) is 4.89. The van der Waals surface area contributed by atoms with Crippen LogP contribution in [0, 0.1) is 12.7 Å². The summed E-state index contributed by atoms with van der Waals surface area (Å²) in [6.45, 7) is 6.27. The first-order chi connectivity index (χ1) is 14.2. The Hall–Kier alpha value is -3.26. The molecule has 0 spiro atoms. The second-order valence-corrected chi connectivity index (χ2v) is 7.32. The van der Waals surface area contributed by atoms with E-state index in [9.17, 15) is 4.39 Å². The van der Waals surface area contributed by atoms with Crippen molar-refractivity contribution in [2.75, 3.05) is 36.4 Å². The molecule has 29 heavy (non-hydrogen) atoms. The zero-order chi connectivity index (χ0) is 19.8. The van der Waals surface area contributed by atoms with Crippen LogP contribution in [0.3, 0.4) is 0 Å². The maximum absolute atomic E-state index is 14.3. The van der Waals surface area contributed by atoms with Crippen molar-refractivity contribution in [1.29, 1.82) is 0 Å². The molecule has 4 heterocycles. The summed E-state index contributed by atoms with van der Waals surface area (Å²) in [5.74, 6) is -0.346. The van der Waals surface area contributed by atoms with Crippen molar-refractivity contribution in [2.45, 2.75) is 13.5 Å². The van der Waals surface area contributed by atoms with E-state index < -0.39 is 0 Å². The summed E-state index contributed by atoms with van der Waals surface area (Å²) in [4.78, 5) is 6.58. The molecule has 0 aliphatic carbocycles. The second-order valence-electron chi connectivity index (χ2n) is 7.32. The molecular weight excluding hydrogens is 369 g/mol. The lowest BCUT2D eigenvalue weighted by atomic mass is 10.1. The third kappa shape index (κ3) is 3.36. The molecule has 1 aliphatic rings. The van der Waals surface area contributed by atoms with Gasteiger partial charge in [0, 0.05) is 62.3 Å². The van der Waals surface area contributed by atoms with Crippen molar-refractivity contribution in [3.63, 3.8) is 0 Å². The molecule has 1 aliphatic heterocycles. The fourth-order valence-corrected chi connectivity index (χ4v) is 3.92. The number of hydrogen-bond acceptors (Lipinski definition) is 6. The number of nitrogens with one attached hydrogen (secondary N) is 2. The van der Waals surface area contributed by atoms with Crippen LogP contribution in [0.25, 0.3) is 16.6 Å². The van der Waals surface area contributed by atoms with Gasteiger partial charge in [-0.3, -0.25) is 0 Å². The monoisotopic (exact) mass is 391 g/mol. The second kappa shape index (κ2) is 7.29. The molecule has 0 radical (unpaired) electrons. The molecule has 4 aromatic rings. The van der Waals surface area contributed by atoms with Gasteiger partial charge >= 0.3 is 0 Å².